The summed E-state index contributed by atoms with van der Waals surface area (Å²) in [5, 5.41) is 0.484. The normalized spacial score (nSPS) is 10.2. The molecule has 0 radical (unpaired) electrons. The summed E-state index contributed by atoms with van der Waals surface area (Å²) in [5.41, 5.74) is 1.91. The maximum absolute atomic E-state index is 10.6. The van der Waals surface area contributed by atoms with Gasteiger partial charge in [-0.25, -0.2) is 0 Å². The van der Waals surface area contributed by atoms with Crippen molar-refractivity contribution in [3.05, 3.63) is 64.7 Å². The highest BCUT2D eigenvalue weighted by Gasteiger charge is 2.02. The summed E-state index contributed by atoms with van der Waals surface area (Å²) in [6.07, 6.45) is 3.88. The number of ether oxygens (including phenoxy) is 1. The Hall–Kier alpha value is -1.80. The minimum atomic E-state index is 0.484. The first-order chi connectivity index (χ1) is 9.79. The quantitative estimate of drug-likeness (QED) is 0.552. The molecule has 0 aliphatic heterocycles. The van der Waals surface area contributed by atoms with Crippen molar-refractivity contribution in [3.8, 4) is 5.75 Å². The van der Waals surface area contributed by atoms with Gasteiger partial charge in [0, 0.05) is 5.56 Å². The average molecular weight is 289 g/mol. The van der Waals surface area contributed by atoms with E-state index in [9.17, 15) is 4.79 Å². The average Bonchev–Trinajstić information content (AvgIpc) is 2.49. The lowest BCUT2D eigenvalue weighted by Gasteiger charge is -2.08. The Balaban J connectivity index is 1.72. The van der Waals surface area contributed by atoms with Crippen molar-refractivity contribution in [2.45, 2.75) is 19.3 Å². The van der Waals surface area contributed by atoms with Crippen molar-refractivity contribution in [1.29, 1.82) is 0 Å². The molecule has 0 bridgehead atoms. The summed E-state index contributed by atoms with van der Waals surface area (Å²) in [5.74, 6) is 0.636. The van der Waals surface area contributed by atoms with Gasteiger partial charge in [0.15, 0.2) is 0 Å². The van der Waals surface area contributed by atoms with Gasteiger partial charge in [0.1, 0.15) is 12.0 Å². The van der Waals surface area contributed by atoms with Crippen LogP contribution >= 0.6 is 11.6 Å². The van der Waals surface area contributed by atoms with Crippen molar-refractivity contribution in [2.24, 2.45) is 0 Å². The van der Waals surface area contributed by atoms with Crippen LogP contribution in [0.1, 0.15) is 28.8 Å². The van der Waals surface area contributed by atoms with Gasteiger partial charge in [-0.3, -0.25) is 4.79 Å². The van der Waals surface area contributed by atoms with Crippen molar-refractivity contribution in [2.75, 3.05) is 6.61 Å². The molecule has 2 aromatic carbocycles. The number of carbonyl (C=O) groups is 1. The minimum absolute atomic E-state index is 0.484. The standard InChI is InChI=1S/C17H17ClO2/c18-16-12-15(13-19)9-10-17(16)20-11-5-4-8-14-6-2-1-3-7-14/h1-3,6-7,9-10,12-13H,4-5,8,11H2. The molecule has 0 aromatic heterocycles. The van der Waals surface area contributed by atoms with Crippen molar-refractivity contribution in [1.82, 2.24) is 0 Å². The van der Waals surface area contributed by atoms with Gasteiger partial charge in [-0.05, 0) is 43.0 Å². The molecule has 0 saturated heterocycles. The predicted molar refractivity (Wildman–Crippen MR) is 81.7 cm³/mol. The molecule has 0 N–H and O–H groups in total. The lowest BCUT2D eigenvalue weighted by Crippen LogP contribution is -1.99. The second-order valence-corrected chi connectivity index (χ2v) is 5.01. The minimum Gasteiger partial charge on any atom is -0.492 e. The number of hydrogen-bond donors (Lipinski definition) is 0. The van der Waals surface area contributed by atoms with Gasteiger partial charge < -0.3 is 4.74 Å². The number of halogens is 1. The number of aldehydes is 1. The van der Waals surface area contributed by atoms with Crippen LogP contribution in [0.4, 0.5) is 0 Å². The topological polar surface area (TPSA) is 26.3 Å². The van der Waals surface area contributed by atoms with Crippen LogP contribution in [0.5, 0.6) is 5.75 Å². The van der Waals surface area contributed by atoms with Gasteiger partial charge in [0.25, 0.3) is 0 Å². The number of benzene rings is 2. The van der Waals surface area contributed by atoms with E-state index in [1.165, 1.54) is 5.56 Å². The molecule has 0 heterocycles. The van der Waals surface area contributed by atoms with Crippen LogP contribution in [0.25, 0.3) is 0 Å². The molecule has 0 unspecified atom stereocenters. The second-order valence-electron chi connectivity index (χ2n) is 4.60. The van der Waals surface area contributed by atoms with E-state index in [1.807, 2.05) is 6.07 Å². The summed E-state index contributed by atoms with van der Waals surface area (Å²) in [7, 11) is 0. The molecule has 0 spiro atoms. The lowest BCUT2D eigenvalue weighted by molar-refractivity contribution is 0.112. The van der Waals surface area contributed by atoms with Gasteiger partial charge in [0.2, 0.25) is 0 Å². The third-order valence-electron chi connectivity index (χ3n) is 3.05. The Bertz CT molecular complexity index is 552. The number of hydrogen-bond acceptors (Lipinski definition) is 2. The fourth-order valence-electron chi connectivity index (χ4n) is 1.97. The van der Waals surface area contributed by atoms with Gasteiger partial charge in [0.05, 0.1) is 11.6 Å². The summed E-state index contributed by atoms with van der Waals surface area (Å²) in [6, 6.07) is 15.5. The zero-order chi connectivity index (χ0) is 14.2. The van der Waals surface area contributed by atoms with Gasteiger partial charge in [-0.2, -0.15) is 0 Å². The summed E-state index contributed by atoms with van der Waals surface area (Å²) >= 11 is 6.03. The van der Waals surface area contributed by atoms with Crippen LogP contribution < -0.4 is 4.74 Å². The Morgan fingerprint density at radius 2 is 1.85 bits per heavy atom. The van der Waals surface area contributed by atoms with E-state index in [0.717, 1.165) is 25.5 Å². The molecule has 0 fully saturated rings. The highest BCUT2D eigenvalue weighted by atomic mass is 35.5. The molecule has 2 aromatic rings. The van der Waals surface area contributed by atoms with Crippen LogP contribution in [-0.2, 0) is 6.42 Å². The van der Waals surface area contributed by atoms with Crippen LogP contribution in [0.15, 0.2) is 48.5 Å². The van der Waals surface area contributed by atoms with E-state index < -0.39 is 0 Å². The van der Waals surface area contributed by atoms with Crippen molar-refractivity contribution < 1.29 is 9.53 Å². The van der Waals surface area contributed by atoms with E-state index in [1.54, 1.807) is 18.2 Å². The molecule has 0 aliphatic carbocycles. The Kier molecular flexibility index (Phi) is 5.63. The molecule has 0 amide bonds. The molecule has 3 heteroatoms. The van der Waals surface area contributed by atoms with E-state index >= 15 is 0 Å². The molecular formula is C17H17ClO2. The monoisotopic (exact) mass is 288 g/mol. The third-order valence-corrected chi connectivity index (χ3v) is 3.35. The third kappa shape index (κ3) is 4.39. The van der Waals surface area contributed by atoms with Gasteiger partial charge in [-0.1, -0.05) is 41.9 Å². The number of rotatable bonds is 7. The molecular weight excluding hydrogens is 272 g/mol. The maximum Gasteiger partial charge on any atom is 0.150 e. The smallest absolute Gasteiger partial charge is 0.150 e. The molecule has 0 saturated carbocycles. The highest BCUT2D eigenvalue weighted by Crippen LogP contribution is 2.25. The highest BCUT2D eigenvalue weighted by molar-refractivity contribution is 6.32. The van der Waals surface area contributed by atoms with Gasteiger partial charge >= 0.3 is 0 Å². The zero-order valence-electron chi connectivity index (χ0n) is 11.2. The van der Waals surface area contributed by atoms with E-state index in [-0.39, 0.29) is 0 Å². The largest absolute Gasteiger partial charge is 0.492 e. The maximum atomic E-state index is 10.6. The molecule has 2 nitrogen and oxygen atoms in total. The van der Waals surface area contributed by atoms with Crippen LogP contribution in [0.2, 0.25) is 5.02 Å². The molecule has 0 atom stereocenters. The van der Waals surface area contributed by atoms with Crippen LogP contribution in [0, 0.1) is 0 Å². The first-order valence-corrected chi connectivity index (χ1v) is 7.09. The Labute approximate surface area is 124 Å². The summed E-state index contributed by atoms with van der Waals surface area (Å²) < 4.78 is 5.63. The lowest BCUT2D eigenvalue weighted by atomic mass is 10.1. The van der Waals surface area contributed by atoms with Crippen LogP contribution in [0.3, 0.4) is 0 Å². The fourth-order valence-corrected chi connectivity index (χ4v) is 2.21. The molecule has 104 valence electrons. The first-order valence-electron chi connectivity index (χ1n) is 6.71. The van der Waals surface area contributed by atoms with E-state index in [4.69, 9.17) is 16.3 Å². The number of unbranched alkanes of at least 4 members (excludes halogenated alkanes) is 1. The predicted octanol–water partition coefficient (Wildman–Crippen LogP) is 4.55. The number of aryl methyl sites for hydroxylation is 1. The molecule has 0 aliphatic rings. The first kappa shape index (κ1) is 14.6. The summed E-state index contributed by atoms with van der Waals surface area (Å²) in [6.45, 7) is 0.632. The van der Waals surface area contributed by atoms with Crippen LogP contribution in [-0.4, -0.2) is 12.9 Å². The zero-order valence-corrected chi connectivity index (χ0v) is 12.0. The van der Waals surface area contributed by atoms with E-state index in [2.05, 4.69) is 24.3 Å². The van der Waals surface area contributed by atoms with Crippen molar-refractivity contribution in [3.63, 3.8) is 0 Å². The molecule has 20 heavy (non-hydrogen) atoms. The fraction of sp³-hybridized carbons (Fsp3) is 0.235. The van der Waals surface area contributed by atoms with Crippen molar-refractivity contribution >= 4 is 17.9 Å². The number of carbonyl (C=O) groups excluding carboxylic acids is 1. The van der Waals surface area contributed by atoms with Gasteiger partial charge in [-0.15, -0.1) is 0 Å². The summed E-state index contributed by atoms with van der Waals surface area (Å²) in [4.78, 5) is 10.6. The Morgan fingerprint density at radius 1 is 1.05 bits per heavy atom. The van der Waals surface area contributed by atoms with E-state index in [0.29, 0.717) is 22.9 Å². The SMILES string of the molecule is O=Cc1ccc(OCCCCc2ccccc2)c(Cl)c1. The Morgan fingerprint density at radius 3 is 2.55 bits per heavy atom. The molecule has 2 rings (SSSR count). The second kappa shape index (κ2) is 7.71.